The number of hydrogen-bond acceptors (Lipinski definition) is 2. The van der Waals surface area contributed by atoms with Gasteiger partial charge in [0.05, 0.1) is 6.61 Å². The molecule has 0 aromatic carbocycles. The lowest BCUT2D eigenvalue weighted by Gasteiger charge is -2.41. The van der Waals surface area contributed by atoms with Gasteiger partial charge in [0.2, 0.25) is 0 Å². The van der Waals surface area contributed by atoms with Crippen molar-refractivity contribution in [2.24, 2.45) is 16.7 Å². The minimum atomic E-state index is -0.512. The minimum Gasteiger partial charge on any atom is -0.364 e. The van der Waals surface area contributed by atoms with Gasteiger partial charge in [0.25, 0.3) is 5.91 Å². The minimum absolute atomic E-state index is 0.0589. The van der Waals surface area contributed by atoms with Crippen LogP contribution in [0.3, 0.4) is 0 Å². The van der Waals surface area contributed by atoms with Gasteiger partial charge >= 0.3 is 0 Å². The van der Waals surface area contributed by atoms with Gasteiger partial charge in [0.1, 0.15) is 0 Å². The number of carbonyl (C=O) groups excluding carboxylic acids is 1. The van der Waals surface area contributed by atoms with Crippen molar-refractivity contribution < 1.29 is 9.53 Å². The van der Waals surface area contributed by atoms with E-state index in [1.54, 1.807) is 0 Å². The molecule has 4 fully saturated rings. The van der Waals surface area contributed by atoms with Gasteiger partial charge in [-0.1, -0.05) is 33.1 Å². The highest BCUT2D eigenvalue weighted by Gasteiger charge is 2.78. The van der Waals surface area contributed by atoms with E-state index in [2.05, 4.69) is 19.2 Å². The Morgan fingerprint density at radius 2 is 1.90 bits per heavy atom. The second-order valence-corrected chi connectivity index (χ2v) is 8.11. The van der Waals surface area contributed by atoms with Crippen LogP contribution >= 0.6 is 0 Å². The van der Waals surface area contributed by atoms with Crippen molar-refractivity contribution in [2.75, 3.05) is 6.61 Å². The van der Waals surface area contributed by atoms with Crippen LogP contribution in [0.2, 0.25) is 0 Å². The molecule has 1 saturated heterocycles. The van der Waals surface area contributed by atoms with Crippen molar-refractivity contribution in [3.63, 3.8) is 0 Å². The molecular formula is C17H27NO2. The van der Waals surface area contributed by atoms with Crippen molar-refractivity contribution >= 4 is 5.91 Å². The average Bonchev–Trinajstić information content (AvgIpc) is 2.92. The van der Waals surface area contributed by atoms with Crippen LogP contribution in [0.1, 0.15) is 65.2 Å². The summed E-state index contributed by atoms with van der Waals surface area (Å²) in [5, 5.41) is 3.34. The zero-order valence-corrected chi connectivity index (χ0v) is 12.8. The van der Waals surface area contributed by atoms with Crippen molar-refractivity contribution in [1.29, 1.82) is 0 Å². The lowest BCUT2D eigenvalue weighted by Crippen LogP contribution is -2.57. The fourth-order valence-electron chi connectivity index (χ4n) is 5.81. The Morgan fingerprint density at radius 1 is 1.15 bits per heavy atom. The molecule has 112 valence electrons. The number of carbonyl (C=O) groups is 1. The molecule has 3 nitrogen and oxygen atoms in total. The summed E-state index contributed by atoms with van der Waals surface area (Å²) in [6.45, 7) is 5.45. The molecule has 3 saturated carbocycles. The summed E-state index contributed by atoms with van der Waals surface area (Å²) in [5.74, 6) is 0.899. The Morgan fingerprint density at radius 3 is 2.55 bits per heavy atom. The SMILES string of the molecule is CC12COC3(C(=O)NC4CCCCC4)CC1CCC32C. The van der Waals surface area contributed by atoms with Gasteiger partial charge in [0, 0.05) is 16.9 Å². The number of rotatable bonds is 2. The number of amides is 1. The molecule has 4 bridgehead atoms. The average molecular weight is 277 g/mol. The predicted octanol–water partition coefficient (Wildman–Crippen LogP) is 3.03. The van der Waals surface area contributed by atoms with E-state index in [0.717, 1.165) is 32.3 Å². The van der Waals surface area contributed by atoms with E-state index in [9.17, 15) is 4.79 Å². The van der Waals surface area contributed by atoms with E-state index < -0.39 is 5.60 Å². The molecule has 3 aliphatic carbocycles. The highest BCUT2D eigenvalue weighted by atomic mass is 16.5. The first kappa shape index (κ1) is 13.1. The van der Waals surface area contributed by atoms with Crippen molar-refractivity contribution in [3.05, 3.63) is 0 Å². The molecule has 4 rings (SSSR count). The molecule has 1 N–H and O–H groups in total. The summed E-state index contributed by atoms with van der Waals surface area (Å²) in [5.41, 5.74) is -0.220. The molecule has 1 aliphatic heterocycles. The van der Waals surface area contributed by atoms with Gasteiger partial charge in [-0.15, -0.1) is 0 Å². The van der Waals surface area contributed by atoms with Gasteiger partial charge in [-0.05, 0) is 38.0 Å². The summed E-state index contributed by atoms with van der Waals surface area (Å²) in [4.78, 5) is 13.0. The Balaban J connectivity index is 1.57. The summed E-state index contributed by atoms with van der Waals surface area (Å²) in [6, 6.07) is 0.392. The molecule has 0 spiro atoms. The van der Waals surface area contributed by atoms with Crippen molar-refractivity contribution in [3.8, 4) is 0 Å². The van der Waals surface area contributed by atoms with Crippen LogP contribution in [0.25, 0.3) is 0 Å². The molecule has 4 atom stereocenters. The first-order valence-electron chi connectivity index (χ1n) is 8.47. The van der Waals surface area contributed by atoms with Crippen LogP contribution in [-0.4, -0.2) is 24.2 Å². The zero-order valence-electron chi connectivity index (χ0n) is 12.8. The lowest BCUT2D eigenvalue weighted by molar-refractivity contribution is -0.156. The van der Waals surface area contributed by atoms with Crippen LogP contribution in [0.5, 0.6) is 0 Å². The lowest BCUT2D eigenvalue weighted by atomic mass is 9.66. The number of hydrogen-bond donors (Lipinski definition) is 1. The highest BCUT2D eigenvalue weighted by molar-refractivity contribution is 5.88. The Labute approximate surface area is 121 Å². The molecule has 4 aliphatic rings. The maximum Gasteiger partial charge on any atom is 0.253 e. The zero-order chi connectivity index (χ0) is 14.0. The molecule has 20 heavy (non-hydrogen) atoms. The fourth-order valence-corrected chi connectivity index (χ4v) is 5.81. The molecule has 1 amide bonds. The summed E-state index contributed by atoms with van der Waals surface area (Å²) < 4.78 is 6.17. The standard InChI is InChI=1S/C17H27NO2/c1-15-11-20-17(10-12(15)8-9-16(15,17)2)14(19)18-13-6-4-3-5-7-13/h12-13H,3-11H2,1-2H3,(H,18,19). The summed E-state index contributed by atoms with van der Waals surface area (Å²) in [7, 11) is 0. The predicted molar refractivity (Wildman–Crippen MR) is 77.3 cm³/mol. The van der Waals surface area contributed by atoms with E-state index in [0.29, 0.717) is 12.0 Å². The van der Waals surface area contributed by atoms with E-state index in [4.69, 9.17) is 4.74 Å². The first-order chi connectivity index (χ1) is 9.52. The second-order valence-electron chi connectivity index (χ2n) is 8.11. The van der Waals surface area contributed by atoms with E-state index in [1.807, 2.05) is 0 Å². The highest BCUT2D eigenvalue weighted by Crippen LogP contribution is 2.75. The third-order valence-electron chi connectivity index (χ3n) is 7.51. The topological polar surface area (TPSA) is 38.3 Å². The third kappa shape index (κ3) is 1.33. The maximum atomic E-state index is 13.0. The molecule has 0 radical (unpaired) electrons. The Hall–Kier alpha value is -0.570. The molecule has 3 heteroatoms. The van der Waals surface area contributed by atoms with Gasteiger partial charge in [-0.2, -0.15) is 0 Å². The molecule has 0 aromatic heterocycles. The van der Waals surface area contributed by atoms with E-state index in [-0.39, 0.29) is 16.7 Å². The van der Waals surface area contributed by atoms with Crippen molar-refractivity contribution in [1.82, 2.24) is 5.32 Å². The van der Waals surface area contributed by atoms with Crippen molar-refractivity contribution in [2.45, 2.75) is 76.9 Å². The van der Waals surface area contributed by atoms with Gasteiger partial charge in [-0.3, -0.25) is 4.79 Å². The van der Waals surface area contributed by atoms with Crippen LogP contribution in [0.4, 0.5) is 0 Å². The quantitative estimate of drug-likeness (QED) is 0.842. The van der Waals surface area contributed by atoms with Crippen LogP contribution in [0.15, 0.2) is 0 Å². The van der Waals surface area contributed by atoms with Gasteiger partial charge in [-0.25, -0.2) is 0 Å². The molecule has 1 heterocycles. The summed E-state index contributed by atoms with van der Waals surface area (Å²) in [6.07, 6.45) is 9.55. The maximum absolute atomic E-state index is 13.0. The van der Waals surface area contributed by atoms with Crippen LogP contribution in [-0.2, 0) is 9.53 Å². The largest absolute Gasteiger partial charge is 0.364 e. The Kier molecular flexibility index (Phi) is 2.62. The normalized spacial score (nSPS) is 50.6. The Bertz CT molecular complexity index is 444. The van der Waals surface area contributed by atoms with Gasteiger partial charge in [0.15, 0.2) is 5.60 Å². The first-order valence-corrected chi connectivity index (χ1v) is 8.47. The van der Waals surface area contributed by atoms with Crippen LogP contribution < -0.4 is 5.32 Å². The van der Waals surface area contributed by atoms with E-state index >= 15 is 0 Å². The molecular weight excluding hydrogens is 250 g/mol. The number of ether oxygens (including phenoxy) is 1. The van der Waals surface area contributed by atoms with Gasteiger partial charge < -0.3 is 10.1 Å². The van der Waals surface area contributed by atoms with E-state index in [1.165, 1.54) is 25.7 Å². The second kappa shape index (κ2) is 4.00. The molecule has 0 aromatic rings. The van der Waals surface area contributed by atoms with Crippen LogP contribution in [0, 0.1) is 16.7 Å². The third-order valence-corrected chi connectivity index (χ3v) is 7.51. The number of nitrogens with one attached hydrogen (secondary N) is 1. The fraction of sp³-hybridized carbons (Fsp3) is 0.941. The monoisotopic (exact) mass is 277 g/mol. The smallest absolute Gasteiger partial charge is 0.253 e. The summed E-state index contributed by atoms with van der Waals surface area (Å²) >= 11 is 0. The molecule has 4 unspecified atom stereocenters.